The zero-order chi connectivity index (χ0) is 15.5. The van der Waals surface area contributed by atoms with Gasteiger partial charge >= 0.3 is 0 Å². The van der Waals surface area contributed by atoms with Crippen LogP contribution in [0.3, 0.4) is 0 Å². The van der Waals surface area contributed by atoms with Gasteiger partial charge in [0.25, 0.3) is 0 Å². The first-order valence-corrected chi connectivity index (χ1v) is 7.42. The summed E-state index contributed by atoms with van der Waals surface area (Å²) in [5.41, 5.74) is 0.653. The lowest BCUT2D eigenvalue weighted by Crippen LogP contribution is -2.26. The van der Waals surface area contributed by atoms with Crippen molar-refractivity contribution in [2.45, 2.75) is 18.9 Å². The highest BCUT2D eigenvalue weighted by Gasteiger charge is 2.23. The molecule has 0 atom stereocenters. The van der Waals surface area contributed by atoms with Crippen molar-refractivity contribution in [3.8, 4) is 17.2 Å². The Kier molecular flexibility index (Phi) is 4.49. The second kappa shape index (κ2) is 6.54. The number of hydrogen-bond donors (Lipinski definition) is 0. The van der Waals surface area contributed by atoms with Crippen molar-refractivity contribution < 1.29 is 18.9 Å². The van der Waals surface area contributed by atoms with Crippen molar-refractivity contribution in [3.05, 3.63) is 17.5 Å². The zero-order valence-corrected chi connectivity index (χ0v) is 13.2. The lowest BCUT2D eigenvalue weighted by atomic mass is 10.1. The molecule has 0 unspecified atom stereocenters. The Morgan fingerprint density at radius 2 is 1.86 bits per heavy atom. The molecule has 1 aromatic heterocycles. The van der Waals surface area contributed by atoms with Crippen molar-refractivity contribution in [2.75, 3.05) is 27.4 Å². The number of hydrogen-bond acceptors (Lipinski definition) is 6. The Balaban J connectivity index is 2.08. The third kappa shape index (κ3) is 2.76. The molecule has 1 aliphatic rings. The van der Waals surface area contributed by atoms with E-state index in [1.165, 1.54) is 6.33 Å². The number of halogens is 1. The van der Waals surface area contributed by atoms with Gasteiger partial charge in [-0.15, -0.1) is 0 Å². The van der Waals surface area contributed by atoms with E-state index < -0.39 is 0 Å². The van der Waals surface area contributed by atoms with E-state index in [1.54, 1.807) is 20.3 Å². The molecule has 1 aromatic carbocycles. The van der Waals surface area contributed by atoms with Crippen molar-refractivity contribution in [1.82, 2.24) is 9.97 Å². The molecule has 0 N–H and O–H groups in total. The number of aromatic nitrogens is 2. The molecule has 1 aliphatic heterocycles. The maximum atomic E-state index is 6.17. The van der Waals surface area contributed by atoms with Gasteiger partial charge in [0, 0.05) is 18.9 Å². The molecule has 2 aromatic rings. The summed E-state index contributed by atoms with van der Waals surface area (Å²) in [6.45, 7) is 1.40. The fraction of sp³-hybridized carbons (Fsp3) is 0.467. The van der Waals surface area contributed by atoms with Gasteiger partial charge < -0.3 is 18.9 Å². The van der Waals surface area contributed by atoms with E-state index in [1.807, 2.05) is 0 Å². The smallest absolute Gasteiger partial charge is 0.204 e. The van der Waals surface area contributed by atoms with E-state index in [2.05, 4.69) is 9.97 Å². The van der Waals surface area contributed by atoms with Crippen LogP contribution in [0.25, 0.3) is 10.9 Å². The van der Waals surface area contributed by atoms with Gasteiger partial charge in [0.15, 0.2) is 11.5 Å². The van der Waals surface area contributed by atoms with Crippen LogP contribution >= 0.6 is 11.6 Å². The number of fused-ring (bicyclic) bond motifs is 1. The maximum Gasteiger partial charge on any atom is 0.204 e. The molecule has 1 fully saturated rings. The summed E-state index contributed by atoms with van der Waals surface area (Å²) in [5, 5.41) is 0.931. The van der Waals surface area contributed by atoms with E-state index in [0.29, 0.717) is 46.5 Å². The number of methoxy groups -OCH3 is 2. The molecule has 0 aliphatic carbocycles. The van der Waals surface area contributed by atoms with Crippen LogP contribution < -0.4 is 14.2 Å². The number of ether oxygens (including phenoxy) is 4. The average molecular weight is 325 g/mol. The number of rotatable bonds is 4. The predicted molar refractivity (Wildman–Crippen MR) is 82.1 cm³/mol. The molecule has 3 rings (SSSR count). The van der Waals surface area contributed by atoms with E-state index in [9.17, 15) is 0 Å². The van der Waals surface area contributed by atoms with E-state index in [4.69, 9.17) is 30.5 Å². The molecule has 2 heterocycles. The monoisotopic (exact) mass is 324 g/mol. The van der Waals surface area contributed by atoms with Gasteiger partial charge in [-0.1, -0.05) is 11.6 Å². The SMILES string of the molecule is COc1c(OC2CCOCC2)cc2ncnc(Cl)c2c1OC. The van der Waals surface area contributed by atoms with Crippen LogP contribution in [-0.4, -0.2) is 43.5 Å². The zero-order valence-electron chi connectivity index (χ0n) is 12.5. The number of nitrogens with zero attached hydrogens (tertiary/aromatic N) is 2. The quantitative estimate of drug-likeness (QED) is 0.806. The summed E-state index contributed by atoms with van der Waals surface area (Å²) in [6, 6.07) is 1.81. The molecule has 22 heavy (non-hydrogen) atoms. The Labute approximate surface area is 133 Å². The Hall–Kier alpha value is -1.79. The molecule has 1 saturated heterocycles. The van der Waals surface area contributed by atoms with Gasteiger partial charge in [0.2, 0.25) is 5.75 Å². The fourth-order valence-electron chi connectivity index (χ4n) is 2.56. The van der Waals surface area contributed by atoms with Crippen molar-refractivity contribution in [3.63, 3.8) is 0 Å². The standard InChI is InChI=1S/C15H17ClN2O4/c1-19-13-11(22-9-3-5-21-6-4-9)7-10-12(14(13)20-2)15(16)18-8-17-10/h7-9H,3-6H2,1-2H3. The Morgan fingerprint density at radius 1 is 1.14 bits per heavy atom. The Bertz CT molecular complexity index is 674. The van der Waals surface area contributed by atoms with Crippen LogP contribution in [0.1, 0.15) is 12.8 Å². The summed E-state index contributed by atoms with van der Waals surface area (Å²) >= 11 is 6.17. The minimum absolute atomic E-state index is 0.0853. The minimum Gasteiger partial charge on any atom is -0.492 e. The summed E-state index contributed by atoms with van der Waals surface area (Å²) in [7, 11) is 3.12. The topological polar surface area (TPSA) is 62.7 Å². The van der Waals surface area contributed by atoms with Crippen LogP contribution in [0.15, 0.2) is 12.4 Å². The highest BCUT2D eigenvalue weighted by molar-refractivity contribution is 6.34. The van der Waals surface area contributed by atoms with Crippen LogP contribution in [0, 0.1) is 0 Å². The average Bonchev–Trinajstić information content (AvgIpc) is 2.54. The normalized spacial score (nSPS) is 15.8. The third-order valence-electron chi connectivity index (χ3n) is 3.63. The highest BCUT2D eigenvalue weighted by atomic mass is 35.5. The second-order valence-electron chi connectivity index (χ2n) is 4.93. The Morgan fingerprint density at radius 3 is 2.55 bits per heavy atom. The maximum absolute atomic E-state index is 6.17. The first-order valence-electron chi connectivity index (χ1n) is 7.04. The molecule has 0 amide bonds. The number of benzene rings is 1. The van der Waals surface area contributed by atoms with Gasteiger partial charge in [-0.2, -0.15) is 0 Å². The fourth-order valence-corrected chi connectivity index (χ4v) is 2.79. The molecule has 6 nitrogen and oxygen atoms in total. The van der Waals surface area contributed by atoms with Crippen LogP contribution in [0.4, 0.5) is 0 Å². The summed E-state index contributed by atoms with van der Waals surface area (Å²) < 4.78 is 22.4. The molecule has 0 spiro atoms. The summed E-state index contributed by atoms with van der Waals surface area (Å²) in [4.78, 5) is 8.24. The van der Waals surface area contributed by atoms with E-state index in [-0.39, 0.29) is 6.10 Å². The largest absolute Gasteiger partial charge is 0.492 e. The molecule has 0 saturated carbocycles. The van der Waals surface area contributed by atoms with Crippen LogP contribution in [0.2, 0.25) is 5.15 Å². The van der Waals surface area contributed by atoms with Crippen LogP contribution in [0.5, 0.6) is 17.2 Å². The van der Waals surface area contributed by atoms with Gasteiger partial charge in [-0.05, 0) is 0 Å². The van der Waals surface area contributed by atoms with Gasteiger partial charge in [0.1, 0.15) is 17.6 Å². The summed E-state index contributed by atoms with van der Waals surface area (Å²) in [5.74, 6) is 1.57. The predicted octanol–water partition coefficient (Wildman–Crippen LogP) is 2.86. The molecule has 0 bridgehead atoms. The molecular formula is C15H17ClN2O4. The van der Waals surface area contributed by atoms with E-state index in [0.717, 1.165) is 12.8 Å². The van der Waals surface area contributed by atoms with Crippen molar-refractivity contribution in [2.24, 2.45) is 0 Å². The third-order valence-corrected chi connectivity index (χ3v) is 3.91. The van der Waals surface area contributed by atoms with Crippen molar-refractivity contribution in [1.29, 1.82) is 0 Å². The second-order valence-corrected chi connectivity index (χ2v) is 5.29. The molecule has 118 valence electrons. The van der Waals surface area contributed by atoms with Crippen LogP contribution in [-0.2, 0) is 4.74 Å². The van der Waals surface area contributed by atoms with Gasteiger partial charge in [0.05, 0.1) is 38.3 Å². The van der Waals surface area contributed by atoms with E-state index >= 15 is 0 Å². The lowest BCUT2D eigenvalue weighted by Gasteiger charge is -2.25. The minimum atomic E-state index is 0.0853. The molecule has 7 heteroatoms. The molecular weight excluding hydrogens is 308 g/mol. The highest BCUT2D eigenvalue weighted by Crippen LogP contribution is 2.45. The lowest BCUT2D eigenvalue weighted by molar-refractivity contribution is 0.0245. The summed E-state index contributed by atoms with van der Waals surface area (Å²) in [6.07, 6.45) is 3.18. The van der Waals surface area contributed by atoms with Crippen molar-refractivity contribution >= 4 is 22.5 Å². The molecule has 0 radical (unpaired) electrons. The van der Waals surface area contributed by atoms with Gasteiger partial charge in [-0.3, -0.25) is 0 Å². The van der Waals surface area contributed by atoms with Gasteiger partial charge in [-0.25, -0.2) is 9.97 Å². The first-order chi connectivity index (χ1) is 10.7. The first kappa shape index (κ1) is 15.1.